The SMILES string of the molecule is CCC(C)N(CCOC)c1cc2c(cc1Br)C(O)C(=O)N2. The van der Waals surface area contributed by atoms with Gasteiger partial charge in [-0.05, 0) is 41.4 Å². The fourth-order valence-corrected chi connectivity index (χ4v) is 3.05. The number of ether oxygens (including phenoxy) is 1. The second kappa shape index (κ2) is 6.77. The van der Waals surface area contributed by atoms with Crippen LogP contribution in [0.2, 0.25) is 0 Å². The first-order valence-corrected chi connectivity index (χ1v) is 7.86. The number of carbonyl (C=O) groups is 1. The normalized spacial score (nSPS) is 18.3. The highest BCUT2D eigenvalue weighted by Crippen LogP contribution is 2.39. The van der Waals surface area contributed by atoms with Gasteiger partial charge in [-0.25, -0.2) is 0 Å². The predicted molar refractivity (Wildman–Crippen MR) is 86.7 cm³/mol. The number of hydrogen-bond donors (Lipinski definition) is 2. The summed E-state index contributed by atoms with van der Waals surface area (Å²) in [6, 6.07) is 4.07. The van der Waals surface area contributed by atoms with E-state index in [4.69, 9.17) is 4.74 Å². The van der Waals surface area contributed by atoms with Gasteiger partial charge in [0.15, 0.2) is 6.10 Å². The molecule has 2 atom stereocenters. The van der Waals surface area contributed by atoms with Crippen LogP contribution in [0.1, 0.15) is 31.9 Å². The maximum Gasteiger partial charge on any atom is 0.257 e. The molecule has 1 amide bonds. The van der Waals surface area contributed by atoms with E-state index in [-0.39, 0.29) is 5.91 Å². The van der Waals surface area contributed by atoms with Crippen LogP contribution in [-0.2, 0) is 9.53 Å². The Bertz CT molecular complexity index is 536. The lowest BCUT2D eigenvalue weighted by Crippen LogP contribution is -2.35. The summed E-state index contributed by atoms with van der Waals surface area (Å²) in [5, 5.41) is 12.5. The summed E-state index contributed by atoms with van der Waals surface area (Å²) in [7, 11) is 1.68. The van der Waals surface area contributed by atoms with Crippen molar-refractivity contribution in [3.05, 3.63) is 22.2 Å². The van der Waals surface area contributed by atoms with Crippen LogP contribution >= 0.6 is 15.9 Å². The van der Waals surface area contributed by atoms with E-state index in [1.54, 1.807) is 7.11 Å². The number of nitrogens with zero attached hydrogens (tertiary/aromatic N) is 1. The molecule has 0 radical (unpaired) electrons. The Morgan fingerprint density at radius 2 is 2.24 bits per heavy atom. The van der Waals surface area contributed by atoms with E-state index >= 15 is 0 Å². The van der Waals surface area contributed by atoms with E-state index < -0.39 is 6.10 Å². The molecule has 0 bridgehead atoms. The van der Waals surface area contributed by atoms with Crippen LogP contribution in [0.4, 0.5) is 11.4 Å². The second-order valence-electron chi connectivity index (χ2n) is 5.23. The first kappa shape index (κ1) is 16.3. The molecule has 0 spiro atoms. The number of hydrogen-bond acceptors (Lipinski definition) is 4. The minimum absolute atomic E-state index is 0.344. The van der Waals surface area contributed by atoms with E-state index in [1.807, 2.05) is 12.1 Å². The van der Waals surface area contributed by atoms with Crippen molar-refractivity contribution in [2.45, 2.75) is 32.4 Å². The summed E-state index contributed by atoms with van der Waals surface area (Å²) < 4.78 is 6.06. The van der Waals surface area contributed by atoms with Crippen molar-refractivity contribution in [3.8, 4) is 0 Å². The molecular formula is C15H21BrN2O3. The second-order valence-corrected chi connectivity index (χ2v) is 6.08. The zero-order valence-electron chi connectivity index (χ0n) is 12.5. The number of carbonyl (C=O) groups excluding carboxylic acids is 1. The van der Waals surface area contributed by atoms with Crippen molar-refractivity contribution in [2.24, 2.45) is 0 Å². The summed E-state index contributed by atoms with van der Waals surface area (Å²) in [5.74, 6) is -0.374. The Morgan fingerprint density at radius 3 is 2.86 bits per heavy atom. The number of benzene rings is 1. The van der Waals surface area contributed by atoms with Gasteiger partial charge < -0.3 is 20.1 Å². The molecule has 0 fully saturated rings. The van der Waals surface area contributed by atoms with Crippen LogP contribution < -0.4 is 10.2 Å². The molecule has 0 aliphatic carbocycles. The van der Waals surface area contributed by atoms with Crippen LogP contribution in [-0.4, -0.2) is 37.3 Å². The fraction of sp³-hybridized carbons (Fsp3) is 0.533. The van der Waals surface area contributed by atoms with Gasteiger partial charge in [0.25, 0.3) is 5.91 Å². The average molecular weight is 357 g/mol. The van der Waals surface area contributed by atoms with Crippen molar-refractivity contribution >= 4 is 33.2 Å². The van der Waals surface area contributed by atoms with E-state index in [9.17, 15) is 9.90 Å². The summed E-state index contributed by atoms with van der Waals surface area (Å²) in [6.45, 7) is 5.68. The Hall–Kier alpha value is -1.11. The van der Waals surface area contributed by atoms with Gasteiger partial charge in [-0.3, -0.25) is 4.79 Å². The van der Waals surface area contributed by atoms with Gasteiger partial charge in [-0.1, -0.05) is 6.92 Å². The largest absolute Gasteiger partial charge is 0.383 e. The van der Waals surface area contributed by atoms with Crippen LogP contribution in [0, 0.1) is 0 Å². The molecule has 2 rings (SSSR count). The van der Waals surface area contributed by atoms with Crippen molar-refractivity contribution < 1.29 is 14.6 Å². The summed E-state index contributed by atoms with van der Waals surface area (Å²) in [5.41, 5.74) is 2.29. The van der Waals surface area contributed by atoms with Crippen LogP contribution in [0.5, 0.6) is 0 Å². The van der Waals surface area contributed by atoms with Crippen molar-refractivity contribution in [1.82, 2.24) is 0 Å². The molecule has 1 aromatic rings. The summed E-state index contributed by atoms with van der Waals surface area (Å²) >= 11 is 3.55. The number of halogens is 1. The minimum Gasteiger partial charge on any atom is -0.383 e. The molecule has 0 saturated heterocycles. The lowest BCUT2D eigenvalue weighted by atomic mass is 10.1. The van der Waals surface area contributed by atoms with Gasteiger partial charge in [-0.2, -0.15) is 0 Å². The van der Waals surface area contributed by atoms with Crippen molar-refractivity contribution in [1.29, 1.82) is 0 Å². The zero-order valence-corrected chi connectivity index (χ0v) is 14.1. The number of rotatable bonds is 6. The zero-order chi connectivity index (χ0) is 15.6. The van der Waals surface area contributed by atoms with Gasteiger partial charge >= 0.3 is 0 Å². The Labute approximate surface area is 133 Å². The fourth-order valence-electron chi connectivity index (χ4n) is 2.46. The third kappa shape index (κ3) is 3.22. The molecule has 2 unspecified atom stereocenters. The van der Waals surface area contributed by atoms with Gasteiger partial charge in [-0.15, -0.1) is 0 Å². The molecule has 6 heteroatoms. The predicted octanol–water partition coefficient (Wildman–Crippen LogP) is 2.69. The van der Waals surface area contributed by atoms with E-state index in [2.05, 4.69) is 40.0 Å². The maximum atomic E-state index is 11.6. The standard InChI is InChI=1S/C15H21BrN2O3/c1-4-9(2)18(5-6-21-3)13-8-12-10(7-11(13)16)14(19)15(20)17-12/h7-9,14,19H,4-6H2,1-3H3,(H,17,20). The molecule has 1 heterocycles. The molecule has 0 saturated carbocycles. The number of anilines is 2. The van der Waals surface area contributed by atoms with Gasteiger partial charge in [0.2, 0.25) is 0 Å². The molecule has 116 valence electrons. The number of nitrogens with one attached hydrogen (secondary N) is 1. The smallest absolute Gasteiger partial charge is 0.257 e. The Kier molecular flexibility index (Phi) is 5.24. The minimum atomic E-state index is -1.08. The summed E-state index contributed by atoms with van der Waals surface area (Å²) in [4.78, 5) is 13.8. The molecule has 0 aromatic heterocycles. The summed E-state index contributed by atoms with van der Waals surface area (Å²) in [6.07, 6.45) is -0.0799. The van der Waals surface area contributed by atoms with Gasteiger partial charge in [0.1, 0.15) is 0 Å². The highest BCUT2D eigenvalue weighted by atomic mass is 79.9. The first-order chi connectivity index (χ1) is 9.99. The molecule has 21 heavy (non-hydrogen) atoms. The molecular weight excluding hydrogens is 336 g/mol. The van der Waals surface area contributed by atoms with Crippen molar-refractivity contribution in [3.63, 3.8) is 0 Å². The highest BCUT2D eigenvalue weighted by Gasteiger charge is 2.30. The highest BCUT2D eigenvalue weighted by molar-refractivity contribution is 9.10. The topological polar surface area (TPSA) is 61.8 Å². The molecule has 1 aliphatic heterocycles. The number of methoxy groups -OCH3 is 1. The van der Waals surface area contributed by atoms with E-state index in [1.165, 1.54) is 0 Å². The van der Waals surface area contributed by atoms with Gasteiger partial charge in [0.05, 0.1) is 12.3 Å². The number of aliphatic hydroxyl groups is 1. The molecule has 1 aromatic carbocycles. The Morgan fingerprint density at radius 1 is 1.52 bits per heavy atom. The van der Waals surface area contributed by atoms with Crippen LogP contribution in [0.3, 0.4) is 0 Å². The average Bonchev–Trinajstić information content (AvgIpc) is 2.74. The lowest BCUT2D eigenvalue weighted by Gasteiger charge is -2.32. The van der Waals surface area contributed by atoms with Crippen molar-refractivity contribution in [2.75, 3.05) is 30.5 Å². The van der Waals surface area contributed by atoms with Crippen LogP contribution in [0.15, 0.2) is 16.6 Å². The number of aliphatic hydroxyl groups excluding tert-OH is 1. The number of amides is 1. The maximum absolute atomic E-state index is 11.6. The third-order valence-electron chi connectivity index (χ3n) is 3.89. The molecule has 1 aliphatic rings. The number of fused-ring (bicyclic) bond motifs is 1. The van der Waals surface area contributed by atoms with Gasteiger partial charge in [0, 0.05) is 35.4 Å². The quantitative estimate of drug-likeness (QED) is 0.822. The first-order valence-electron chi connectivity index (χ1n) is 7.07. The van der Waals surface area contributed by atoms with E-state index in [0.717, 1.165) is 23.1 Å². The third-order valence-corrected chi connectivity index (χ3v) is 4.52. The monoisotopic (exact) mass is 356 g/mol. The molecule has 2 N–H and O–H groups in total. The lowest BCUT2D eigenvalue weighted by molar-refractivity contribution is -0.123. The van der Waals surface area contributed by atoms with Crippen LogP contribution in [0.25, 0.3) is 0 Å². The Balaban J connectivity index is 2.38. The van der Waals surface area contributed by atoms with E-state index in [0.29, 0.717) is 23.9 Å². The molecule has 5 nitrogen and oxygen atoms in total.